The molecule has 0 bridgehead atoms. The van der Waals surface area contributed by atoms with E-state index < -0.39 is 0 Å². The van der Waals surface area contributed by atoms with Crippen molar-refractivity contribution in [3.63, 3.8) is 0 Å². The zero-order valence-corrected chi connectivity index (χ0v) is 12.7. The van der Waals surface area contributed by atoms with Crippen molar-refractivity contribution < 1.29 is 0 Å². The van der Waals surface area contributed by atoms with Crippen LogP contribution in [0.15, 0.2) is 23.1 Å². The van der Waals surface area contributed by atoms with E-state index in [9.17, 15) is 0 Å². The summed E-state index contributed by atoms with van der Waals surface area (Å²) >= 11 is 1.97. The summed E-state index contributed by atoms with van der Waals surface area (Å²) in [4.78, 5) is 3.90. The molecule has 0 fully saturated rings. The van der Waals surface area contributed by atoms with Gasteiger partial charge >= 0.3 is 0 Å². The minimum Gasteiger partial charge on any atom is -0.366 e. The maximum atomic E-state index is 5.79. The first-order valence-electron chi connectivity index (χ1n) is 6.68. The number of nitrogens with zero attached hydrogens (tertiary/aromatic N) is 1. The van der Waals surface area contributed by atoms with Crippen LogP contribution in [0.2, 0.25) is 0 Å². The first-order valence-corrected chi connectivity index (χ1v) is 7.66. The van der Waals surface area contributed by atoms with Gasteiger partial charge in [0.15, 0.2) is 0 Å². The van der Waals surface area contributed by atoms with Crippen LogP contribution in [0.4, 0.5) is 5.69 Å². The number of anilines is 1. The summed E-state index contributed by atoms with van der Waals surface area (Å²) in [5.74, 6) is 1.15. The summed E-state index contributed by atoms with van der Waals surface area (Å²) in [5.41, 5.74) is 8.82. The maximum absolute atomic E-state index is 5.79. The molecule has 0 saturated carbocycles. The predicted octanol–water partition coefficient (Wildman–Crippen LogP) is 3.24. The Balaban J connectivity index is 2.53. The third kappa shape index (κ3) is 2.52. The summed E-state index contributed by atoms with van der Waals surface area (Å²) in [6, 6.07) is 7.25. The molecule has 2 N–H and O–H groups in total. The van der Waals surface area contributed by atoms with Crippen molar-refractivity contribution in [2.45, 2.75) is 44.0 Å². The van der Waals surface area contributed by atoms with Gasteiger partial charge in [-0.2, -0.15) is 0 Å². The van der Waals surface area contributed by atoms with Crippen molar-refractivity contribution in [2.24, 2.45) is 5.73 Å². The lowest BCUT2D eigenvalue weighted by molar-refractivity contribution is 0.576. The second-order valence-electron chi connectivity index (χ2n) is 6.04. The number of fused-ring (bicyclic) bond motifs is 1. The molecular weight excluding hydrogens is 240 g/mol. The van der Waals surface area contributed by atoms with Gasteiger partial charge < -0.3 is 10.6 Å². The number of rotatable bonds is 2. The average Bonchev–Trinajstić information content (AvgIpc) is 2.31. The summed E-state index contributed by atoms with van der Waals surface area (Å²) < 4.78 is 0. The summed E-state index contributed by atoms with van der Waals surface area (Å²) in [6.45, 7) is 10.8. The Morgan fingerprint density at radius 1 is 1.39 bits per heavy atom. The highest BCUT2D eigenvalue weighted by molar-refractivity contribution is 7.99. The standard InChI is InChI=1S/C15H24N2S/c1-11-10-18-13-7-5-6-12(15(2,3)4)14(13)17(11)9-8-16/h5-7,11H,8-10,16H2,1-4H3. The maximum Gasteiger partial charge on any atom is 0.0545 e. The number of thioether (sulfide) groups is 1. The Hall–Kier alpha value is -0.670. The number of hydrogen-bond acceptors (Lipinski definition) is 3. The lowest BCUT2D eigenvalue weighted by Crippen LogP contribution is -2.42. The van der Waals surface area contributed by atoms with Crippen LogP contribution in [0.3, 0.4) is 0 Å². The highest BCUT2D eigenvalue weighted by Gasteiger charge is 2.29. The van der Waals surface area contributed by atoms with Crippen LogP contribution < -0.4 is 10.6 Å². The van der Waals surface area contributed by atoms with Crippen molar-refractivity contribution in [3.05, 3.63) is 23.8 Å². The van der Waals surface area contributed by atoms with Crippen molar-refractivity contribution >= 4 is 17.4 Å². The smallest absolute Gasteiger partial charge is 0.0545 e. The van der Waals surface area contributed by atoms with Crippen molar-refractivity contribution in [3.8, 4) is 0 Å². The van der Waals surface area contributed by atoms with Gasteiger partial charge in [-0.1, -0.05) is 32.9 Å². The van der Waals surface area contributed by atoms with E-state index in [0.29, 0.717) is 12.6 Å². The van der Waals surface area contributed by atoms with E-state index in [1.165, 1.54) is 16.1 Å². The van der Waals surface area contributed by atoms with Gasteiger partial charge in [-0.15, -0.1) is 11.8 Å². The van der Waals surface area contributed by atoms with Gasteiger partial charge in [0, 0.05) is 29.8 Å². The van der Waals surface area contributed by atoms with Crippen molar-refractivity contribution in [2.75, 3.05) is 23.7 Å². The van der Waals surface area contributed by atoms with Crippen LogP contribution in [0, 0.1) is 0 Å². The van der Waals surface area contributed by atoms with Crippen LogP contribution >= 0.6 is 11.8 Å². The molecule has 2 nitrogen and oxygen atoms in total. The third-order valence-corrected chi connectivity index (χ3v) is 4.77. The summed E-state index contributed by atoms with van der Waals surface area (Å²) in [6.07, 6.45) is 0. The lowest BCUT2D eigenvalue weighted by atomic mass is 9.85. The van der Waals surface area contributed by atoms with E-state index in [4.69, 9.17) is 5.73 Å². The van der Waals surface area contributed by atoms with E-state index in [2.05, 4.69) is 50.8 Å². The molecule has 1 aliphatic rings. The van der Waals surface area contributed by atoms with Gasteiger partial charge in [-0.05, 0) is 24.0 Å². The Morgan fingerprint density at radius 2 is 2.11 bits per heavy atom. The molecule has 0 aromatic heterocycles. The molecule has 1 atom stereocenters. The molecule has 1 aromatic rings. The van der Waals surface area contributed by atoms with Gasteiger partial charge in [0.1, 0.15) is 0 Å². The Labute approximate surface area is 115 Å². The highest BCUT2D eigenvalue weighted by atomic mass is 32.2. The Bertz CT molecular complexity index is 423. The highest BCUT2D eigenvalue weighted by Crippen LogP contribution is 2.43. The molecular formula is C15H24N2S. The number of benzene rings is 1. The minimum absolute atomic E-state index is 0.176. The van der Waals surface area contributed by atoms with Crippen molar-refractivity contribution in [1.82, 2.24) is 0 Å². The van der Waals surface area contributed by atoms with E-state index in [1.807, 2.05) is 11.8 Å². The van der Waals surface area contributed by atoms with E-state index in [0.717, 1.165) is 12.3 Å². The Kier molecular flexibility index (Phi) is 3.93. The normalized spacial score (nSPS) is 19.8. The van der Waals surface area contributed by atoms with Crippen molar-refractivity contribution in [1.29, 1.82) is 0 Å². The van der Waals surface area contributed by atoms with Gasteiger partial charge in [0.2, 0.25) is 0 Å². The fourth-order valence-electron chi connectivity index (χ4n) is 2.53. The predicted molar refractivity (Wildman–Crippen MR) is 81.7 cm³/mol. The monoisotopic (exact) mass is 264 g/mol. The first kappa shape index (κ1) is 13.8. The molecule has 0 spiro atoms. The molecule has 100 valence electrons. The molecule has 1 heterocycles. The third-order valence-electron chi connectivity index (χ3n) is 3.48. The van der Waals surface area contributed by atoms with E-state index >= 15 is 0 Å². The van der Waals surface area contributed by atoms with Gasteiger partial charge in [0.25, 0.3) is 0 Å². The first-order chi connectivity index (χ1) is 8.45. The largest absolute Gasteiger partial charge is 0.366 e. The molecule has 2 rings (SSSR count). The average molecular weight is 264 g/mol. The van der Waals surface area contributed by atoms with Crippen LogP contribution in [-0.2, 0) is 5.41 Å². The van der Waals surface area contributed by atoms with E-state index in [1.54, 1.807) is 0 Å². The molecule has 3 heteroatoms. The van der Waals surface area contributed by atoms with Crippen LogP contribution in [0.5, 0.6) is 0 Å². The van der Waals surface area contributed by atoms with E-state index in [-0.39, 0.29) is 5.41 Å². The fourth-order valence-corrected chi connectivity index (χ4v) is 3.67. The number of nitrogens with two attached hydrogens (primary N) is 1. The Morgan fingerprint density at radius 3 is 2.72 bits per heavy atom. The summed E-state index contributed by atoms with van der Waals surface area (Å²) in [5, 5.41) is 0. The molecule has 0 aliphatic carbocycles. The molecule has 0 saturated heterocycles. The molecule has 0 radical (unpaired) electrons. The molecule has 1 unspecified atom stereocenters. The zero-order valence-electron chi connectivity index (χ0n) is 11.9. The van der Waals surface area contributed by atoms with Crippen LogP contribution in [0.25, 0.3) is 0 Å². The lowest BCUT2D eigenvalue weighted by Gasteiger charge is -2.40. The van der Waals surface area contributed by atoms with Gasteiger partial charge in [-0.3, -0.25) is 0 Å². The van der Waals surface area contributed by atoms with Crippen LogP contribution in [0.1, 0.15) is 33.3 Å². The topological polar surface area (TPSA) is 29.3 Å². The molecule has 0 amide bonds. The molecule has 1 aromatic carbocycles. The second-order valence-corrected chi connectivity index (χ2v) is 7.11. The number of para-hydroxylation sites is 1. The SMILES string of the molecule is CC1CSc2cccc(C(C)(C)C)c2N1CCN. The fraction of sp³-hybridized carbons (Fsp3) is 0.600. The zero-order chi connectivity index (χ0) is 13.3. The summed E-state index contributed by atoms with van der Waals surface area (Å²) in [7, 11) is 0. The van der Waals surface area contributed by atoms with Gasteiger partial charge in [0.05, 0.1) is 5.69 Å². The molecule has 1 aliphatic heterocycles. The molecule has 18 heavy (non-hydrogen) atoms. The number of hydrogen-bond donors (Lipinski definition) is 1. The van der Waals surface area contributed by atoms with Gasteiger partial charge in [-0.25, -0.2) is 0 Å². The second kappa shape index (κ2) is 5.14. The quantitative estimate of drug-likeness (QED) is 0.889. The minimum atomic E-state index is 0.176. The van der Waals surface area contributed by atoms with Crippen LogP contribution in [-0.4, -0.2) is 24.9 Å².